The summed E-state index contributed by atoms with van der Waals surface area (Å²) < 4.78 is 40.9. The molecule has 26 heavy (non-hydrogen) atoms. The third-order valence-corrected chi connectivity index (χ3v) is 3.58. The molecule has 0 atom stereocenters. The van der Waals surface area contributed by atoms with E-state index in [0.717, 1.165) is 11.8 Å². The molecule has 0 bridgehead atoms. The molecule has 0 amide bonds. The zero-order chi connectivity index (χ0) is 18.7. The van der Waals surface area contributed by atoms with Crippen LogP contribution in [0.1, 0.15) is 16.8 Å². The highest BCUT2D eigenvalue weighted by Gasteiger charge is 2.33. The van der Waals surface area contributed by atoms with Gasteiger partial charge in [0, 0.05) is 30.5 Å². The maximum absolute atomic E-state index is 13.1. The van der Waals surface area contributed by atoms with Crippen molar-refractivity contribution in [3.05, 3.63) is 47.4 Å². The second kappa shape index (κ2) is 6.87. The highest BCUT2D eigenvalue weighted by Crippen LogP contribution is 2.35. The third-order valence-electron chi connectivity index (χ3n) is 3.58. The SMILES string of the molecule is Cc1cc(NCCNc2ccc(C#N)cc2C(F)(F)F)n2ncnc2n1. The van der Waals surface area contributed by atoms with Crippen molar-refractivity contribution in [1.82, 2.24) is 19.6 Å². The second-order valence-corrected chi connectivity index (χ2v) is 5.48. The highest BCUT2D eigenvalue weighted by atomic mass is 19.4. The summed E-state index contributed by atoms with van der Waals surface area (Å²) in [5.41, 5.74) is -0.237. The van der Waals surface area contributed by atoms with Gasteiger partial charge in [-0.1, -0.05) is 0 Å². The van der Waals surface area contributed by atoms with Crippen LogP contribution in [-0.4, -0.2) is 32.7 Å². The Balaban J connectivity index is 1.69. The fourth-order valence-corrected chi connectivity index (χ4v) is 2.45. The zero-order valence-corrected chi connectivity index (χ0v) is 13.7. The number of nitrogens with one attached hydrogen (secondary N) is 2. The predicted octanol–water partition coefficient (Wildman–Crippen LogP) is 2.85. The molecule has 2 aromatic heterocycles. The molecule has 0 aliphatic heterocycles. The van der Waals surface area contributed by atoms with Gasteiger partial charge in [0.05, 0.1) is 17.2 Å². The van der Waals surface area contributed by atoms with Gasteiger partial charge in [0.1, 0.15) is 12.1 Å². The van der Waals surface area contributed by atoms with Crippen molar-refractivity contribution >= 4 is 17.3 Å². The summed E-state index contributed by atoms with van der Waals surface area (Å²) in [4.78, 5) is 8.21. The number of aromatic nitrogens is 4. The van der Waals surface area contributed by atoms with Crippen molar-refractivity contribution in [3.8, 4) is 6.07 Å². The molecule has 3 rings (SSSR count). The molecule has 0 unspecified atom stereocenters. The monoisotopic (exact) mass is 361 g/mol. The summed E-state index contributed by atoms with van der Waals surface area (Å²) in [5.74, 6) is 1.08. The Bertz CT molecular complexity index is 972. The highest BCUT2D eigenvalue weighted by molar-refractivity contribution is 5.56. The molecule has 0 radical (unpaired) electrons. The van der Waals surface area contributed by atoms with Crippen LogP contribution in [0.3, 0.4) is 0 Å². The van der Waals surface area contributed by atoms with Crippen LogP contribution in [0, 0.1) is 18.3 Å². The van der Waals surface area contributed by atoms with Crippen LogP contribution in [0.2, 0.25) is 0 Å². The summed E-state index contributed by atoms with van der Waals surface area (Å²) in [6.07, 6.45) is -3.17. The lowest BCUT2D eigenvalue weighted by molar-refractivity contribution is -0.137. The van der Waals surface area contributed by atoms with E-state index >= 15 is 0 Å². The van der Waals surface area contributed by atoms with E-state index in [2.05, 4.69) is 25.7 Å². The molecule has 0 saturated carbocycles. The summed E-state index contributed by atoms with van der Waals surface area (Å²) in [6.45, 7) is 2.38. The quantitative estimate of drug-likeness (QED) is 0.679. The maximum atomic E-state index is 13.1. The van der Waals surface area contributed by atoms with E-state index in [0.29, 0.717) is 18.1 Å². The minimum absolute atomic E-state index is 0.0400. The average molecular weight is 361 g/mol. The standard InChI is InChI=1S/C16H14F3N7/c1-10-6-14(26-15(25-10)23-9-24-26)22-5-4-21-13-3-2-11(8-20)7-12(13)16(17,18)19/h2-3,6-7,9,21-22H,4-5H2,1H3. The molecule has 2 N–H and O–H groups in total. The van der Waals surface area contributed by atoms with Gasteiger partial charge in [-0.3, -0.25) is 0 Å². The van der Waals surface area contributed by atoms with Crippen molar-refractivity contribution < 1.29 is 13.2 Å². The topological polar surface area (TPSA) is 90.9 Å². The molecule has 10 heteroatoms. The molecule has 7 nitrogen and oxygen atoms in total. The minimum Gasteiger partial charge on any atom is -0.383 e. The zero-order valence-electron chi connectivity index (χ0n) is 13.7. The largest absolute Gasteiger partial charge is 0.418 e. The normalized spacial score (nSPS) is 11.3. The molecule has 0 aliphatic rings. The molecule has 0 fully saturated rings. The first kappa shape index (κ1) is 17.5. The molecule has 0 saturated heterocycles. The summed E-state index contributed by atoms with van der Waals surface area (Å²) in [7, 11) is 0. The Morgan fingerprint density at radius 3 is 2.69 bits per heavy atom. The van der Waals surface area contributed by atoms with Crippen LogP contribution in [-0.2, 0) is 6.18 Å². The molecule has 0 aliphatic carbocycles. The number of benzene rings is 1. The van der Waals surface area contributed by atoms with E-state index in [9.17, 15) is 13.2 Å². The van der Waals surface area contributed by atoms with Gasteiger partial charge in [-0.15, -0.1) is 0 Å². The van der Waals surface area contributed by atoms with Crippen LogP contribution in [0.5, 0.6) is 0 Å². The number of anilines is 2. The van der Waals surface area contributed by atoms with Gasteiger partial charge in [0.25, 0.3) is 5.78 Å². The van der Waals surface area contributed by atoms with E-state index in [1.807, 2.05) is 6.92 Å². The number of rotatable bonds is 5. The first-order valence-electron chi connectivity index (χ1n) is 7.65. The van der Waals surface area contributed by atoms with E-state index in [4.69, 9.17) is 5.26 Å². The van der Waals surface area contributed by atoms with Crippen LogP contribution >= 0.6 is 0 Å². The number of nitriles is 1. The molecular formula is C16H14F3N7. The van der Waals surface area contributed by atoms with E-state index in [1.54, 1.807) is 12.1 Å². The third kappa shape index (κ3) is 3.66. The average Bonchev–Trinajstić information content (AvgIpc) is 3.06. The van der Waals surface area contributed by atoms with E-state index in [-0.39, 0.29) is 17.8 Å². The number of hydrogen-bond donors (Lipinski definition) is 2. The molecule has 1 aromatic carbocycles. The molecule has 0 spiro atoms. The first-order chi connectivity index (χ1) is 12.4. The van der Waals surface area contributed by atoms with Crippen molar-refractivity contribution in [2.45, 2.75) is 13.1 Å². The lowest BCUT2D eigenvalue weighted by Gasteiger charge is -2.15. The van der Waals surface area contributed by atoms with Crippen LogP contribution in [0.15, 0.2) is 30.6 Å². The predicted molar refractivity (Wildman–Crippen MR) is 88.7 cm³/mol. The fourth-order valence-electron chi connectivity index (χ4n) is 2.45. The smallest absolute Gasteiger partial charge is 0.383 e. The number of halogens is 3. The van der Waals surface area contributed by atoms with Gasteiger partial charge in [-0.05, 0) is 25.1 Å². The van der Waals surface area contributed by atoms with Crippen LogP contribution in [0.4, 0.5) is 24.7 Å². The summed E-state index contributed by atoms with van der Waals surface area (Å²) in [6, 6.07) is 6.92. The second-order valence-electron chi connectivity index (χ2n) is 5.48. The van der Waals surface area contributed by atoms with Gasteiger partial charge in [0.2, 0.25) is 0 Å². The van der Waals surface area contributed by atoms with E-state index in [1.165, 1.54) is 23.0 Å². The van der Waals surface area contributed by atoms with Crippen molar-refractivity contribution in [1.29, 1.82) is 5.26 Å². The number of fused-ring (bicyclic) bond motifs is 1. The van der Waals surface area contributed by atoms with Gasteiger partial charge in [-0.2, -0.15) is 33.0 Å². The first-order valence-corrected chi connectivity index (χ1v) is 7.65. The number of aryl methyl sites for hydroxylation is 1. The summed E-state index contributed by atoms with van der Waals surface area (Å²) >= 11 is 0. The van der Waals surface area contributed by atoms with Gasteiger partial charge in [-0.25, -0.2) is 4.98 Å². The number of nitrogens with zero attached hydrogens (tertiary/aromatic N) is 5. The lowest BCUT2D eigenvalue weighted by Crippen LogP contribution is -2.18. The van der Waals surface area contributed by atoms with Crippen LogP contribution < -0.4 is 10.6 Å². The molecule has 134 valence electrons. The van der Waals surface area contributed by atoms with Gasteiger partial charge < -0.3 is 10.6 Å². The Labute approximate surface area is 146 Å². The summed E-state index contributed by atoms with van der Waals surface area (Å²) in [5, 5.41) is 18.7. The number of alkyl halides is 3. The molecule has 2 heterocycles. The Morgan fingerprint density at radius 1 is 1.19 bits per heavy atom. The van der Waals surface area contributed by atoms with Crippen molar-refractivity contribution in [2.24, 2.45) is 0 Å². The minimum atomic E-state index is -4.54. The Hall–Kier alpha value is -3.35. The van der Waals surface area contributed by atoms with Gasteiger partial charge in [0.15, 0.2) is 0 Å². The van der Waals surface area contributed by atoms with Gasteiger partial charge >= 0.3 is 6.18 Å². The molecular weight excluding hydrogens is 347 g/mol. The lowest BCUT2D eigenvalue weighted by atomic mass is 10.1. The molecule has 3 aromatic rings. The Morgan fingerprint density at radius 2 is 1.96 bits per heavy atom. The van der Waals surface area contributed by atoms with Crippen molar-refractivity contribution in [2.75, 3.05) is 23.7 Å². The van der Waals surface area contributed by atoms with Crippen LogP contribution in [0.25, 0.3) is 5.78 Å². The van der Waals surface area contributed by atoms with E-state index < -0.39 is 11.7 Å². The van der Waals surface area contributed by atoms with Crippen molar-refractivity contribution in [3.63, 3.8) is 0 Å². The maximum Gasteiger partial charge on any atom is 0.418 e. The Kier molecular flexibility index (Phi) is 4.62. The number of hydrogen-bond acceptors (Lipinski definition) is 6. The fraction of sp³-hybridized carbons (Fsp3) is 0.250.